The molecule has 8 atom stereocenters. The van der Waals surface area contributed by atoms with Gasteiger partial charge in [-0.1, -0.05) is 33.8 Å². The summed E-state index contributed by atoms with van der Waals surface area (Å²) in [6.45, 7) is 11.3. The van der Waals surface area contributed by atoms with Crippen molar-refractivity contribution in [1.29, 1.82) is 0 Å². The predicted octanol–water partition coefficient (Wildman–Crippen LogP) is 3.08. The first kappa shape index (κ1) is 26.1. The molecule has 8 nitrogen and oxygen atoms in total. The van der Waals surface area contributed by atoms with Gasteiger partial charge in [-0.05, 0) is 42.9 Å². The van der Waals surface area contributed by atoms with Gasteiger partial charge in [0.1, 0.15) is 11.9 Å². The molecule has 0 aromatic heterocycles. The molecule has 0 aliphatic heterocycles. The number of hydrogen-bond acceptors (Lipinski definition) is 7. The van der Waals surface area contributed by atoms with Crippen molar-refractivity contribution < 1.29 is 38.9 Å². The second kappa shape index (κ2) is 9.29. The maximum Gasteiger partial charge on any atom is 0.344 e. The van der Waals surface area contributed by atoms with Gasteiger partial charge < -0.3 is 19.7 Å². The highest BCUT2D eigenvalue weighted by Crippen LogP contribution is 2.67. The molecule has 188 valence electrons. The summed E-state index contributed by atoms with van der Waals surface area (Å²) in [5.74, 6) is -3.30. The third-order valence-electron chi connectivity index (χ3n) is 9.27. The van der Waals surface area contributed by atoms with Crippen LogP contribution in [0.4, 0.5) is 0 Å². The SMILES string of the molecule is C=C[C@]1(C)C[C@@H](OC(=O)COC(=O)/C=C/C(=O)O)[C@]2(C)[C@H](C)CC[C@]3(CCC(=O)[C@H]32)[C@@H](C)[C@@H]1O. The number of carboxylic acid groups (broad SMARTS) is 1. The van der Waals surface area contributed by atoms with Crippen molar-refractivity contribution in [2.75, 3.05) is 6.61 Å². The monoisotopic (exact) mass is 476 g/mol. The van der Waals surface area contributed by atoms with E-state index in [0.29, 0.717) is 25.0 Å². The second-order valence-corrected chi connectivity index (χ2v) is 10.8. The average molecular weight is 477 g/mol. The molecule has 0 aromatic rings. The zero-order valence-corrected chi connectivity index (χ0v) is 20.4. The Morgan fingerprint density at radius 1 is 1.18 bits per heavy atom. The van der Waals surface area contributed by atoms with E-state index in [9.17, 15) is 24.3 Å². The van der Waals surface area contributed by atoms with Crippen LogP contribution in [0, 0.1) is 34.0 Å². The number of ketones is 1. The third kappa shape index (κ3) is 4.21. The highest BCUT2D eigenvalue weighted by atomic mass is 16.6. The second-order valence-electron chi connectivity index (χ2n) is 10.8. The number of carbonyl (C=O) groups is 4. The molecule has 2 bridgehead atoms. The number of esters is 2. The topological polar surface area (TPSA) is 127 Å². The van der Waals surface area contributed by atoms with E-state index in [0.717, 1.165) is 12.8 Å². The summed E-state index contributed by atoms with van der Waals surface area (Å²) in [6.07, 6.45) is 4.69. The van der Waals surface area contributed by atoms with E-state index in [1.807, 2.05) is 20.8 Å². The molecule has 3 fully saturated rings. The van der Waals surface area contributed by atoms with E-state index in [2.05, 4.69) is 13.5 Å². The van der Waals surface area contributed by atoms with Crippen LogP contribution in [0.25, 0.3) is 0 Å². The molecular weight excluding hydrogens is 440 g/mol. The first-order valence-corrected chi connectivity index (χ1v) is 11.9. The van der Waals surface area contributed by atoms with Gasteiger partial charge in [0.15, 0.2) is 6.61 Å². The molecule has 0 radical (unpaired) electrons. The smallest absolute Gasteiger partial charge is 0.344 e. The molecule has 0 saturated heterocycles. The van der Waals surface area contributed by atoms with Crippen LogP contribution in [0.2, 0.25) is 0 Å². The van der Waals surface area contributed by atoms with Crippen LogP contribution in [-0.4, -0.2) is 52.7 Å². The van der Waals surface area contributed by atoms with Gasteiger partial charge >= 0.3 is 17.9 Å². The number of hydrogen-bond donors (Lipinski definition) is 2. The van der Waals surface area contributed by atoms with Crippen molar-refractivity contribution in [3.05, 3.63) is 24.8 Å². The molecule has 3 aliphatic rings. The van der Waals surface area contributed by atoms with E-state index < -0.39 is 47.6 Å². The van der Waals surface area contributed by atoms with Gasteiger partial charge in [0.25, 0.3) is 0 Å². The Morgan fingerprint density at radius 3 is 2.47 bits per heavy atom. The Labute approximate surface area is 200 Å². The standard InChI is InChI=1S/C26H36O8/c1-6-24(4)13-18(34-21(31)14-33-20(30)8-7-19(28)29)25(5)15(2)9-11-26(16(3)23(24)32)12-10-17(27)22(25)26/h6-8,15-16,18,22-23,32H,1,9-14H2,2-5H3,(H,28,29)/b8-7+/t15-,16+,18-,22+,23+,24-,25+,26+/m1/s1. The van der Waals surface area contributed by atoms with E-state index >= 15 is 0 Å². The minimum Gasteiger partial charge on any atom is -0.478 e. The normalized spacial score (nSPS) is 41.8. The lowest BCUT2D eigenvalue weighted by atomic mass is 9.44. The van der Waals surface area contributed by atoms with Crippen molar-refractivity contribution in [2.24, 2.45) is 34.0 Å². The minimum atomic E-state index is -1.31. The number of aliphatic hydroxyl groups excluding tert-OH is 1. The summed E-state index contributed by atoms with van der Waals surface area (Å²) in [6, 6.07) is 0. The van der Waals surface area contributed by atoms with Crippen LogP contribution in [0.1, 0.15) is 59.8 Å². The first-order valence-electron chi connectivity index (χ1n) is 11.9. The zero-order chi connectivity index (χ0) is 25.5. The fourth-order valence-electron chi connectivity index (χ4n) is 7.01. The Balaban J connectivity index is 1.95. The number of Topliss-reactive ketones (excluding diaryl/α,β-unsaturated/α-hetero) is 1. The van der Waals surface area contributed by atoms with E-state index in [1.165, 1.54) is 0 Å². The van der Waals surface area contributed by atoms with Crippen molar-refractivity contribution >= 4 is 23.7 Å². The minimum absolute atomic E-state index is 0.0861. The maximum atomic E-state index is 13.3. The number of carboxylic acids is 1. The fourth-order valence-corrected chi connectivity index (χ4v) is 7.01. The lowest BCUT2D eigenvalue weighted by Gasteiger charge is -2.61. The van der Waals surface area contributed by atoms with E-state index in [4.69, 9.17) is 14.6 Å². The Bertz CT molecular complexity index is 908. The summed E-state index contributed by atoms with van der Waals surface area (Å²) in [5, 5.41) is 20.1. The van der Waals surface area contributed by atoms with Crippen LogP contribution in [0.5, 0.6) is 0 Å². The van der Waals surface area contributed by atoms with Crippen LogP contribution in [-0.2, 0) is 28.7 Å². The molecular formula is C26H36O8. The van der Waals surface area contributed by atoms with E-state index in [-0.39, 0.29) is 35.4 Å². The van der Waals surface area contributed by atoms with Gasteiger partial charge in [0.2, 0.25) is 0 Å². The lowest BCUT2D eigenvalue weighted by Crippen LogP contribution is -2.63. The Morgan fingerprint density at radius 2 is 1.85 bits per heavy atom. The van der Waals surface area contributed by atoms with Crippen molar-refractivity contribution in [3.8, 4) is 0 Å². The van der Waals surface area contributed by atoms with Crippen molar-refractivity contribution in [3.63, 3.8) is 0 Å². The number of rotatable bonds is 6. The van der Waals surface area contributed by atoms with Gasteiger partial charge in [0, 0.05) is 35.3 Å². The summed E-state index contributed by atoms with van der Waals surface area (Å²) in [4.78, 5) is 48.3. The first-order chi connectivity index (χ1) is 15.8. The number of aliphatic hydroxyl groups is 1. The molecule has 2 N–H and O–H groups in total. The molecule has 0 aromatic carbocycles. The summed E-state index contributed by atoms with van der Waals surface area (Å²) in [7, 11) is 0. The Hall–Kier alpha value is -2.48. The molecule has 3 aliphatic carbocycles. The van der Waals surface area contributed by atoms with Crippen LogP contribution in [0.3, 0.4) is 0 Å². The van der Waals surface area contributed by atoms with Gasteiger partial charge in [-0.25, -0.2) is 14.4 Å². The van der Waals surface area contributed by atoms with Crippen LogP contribution < -0.4 is 0 Å². The van der Waals surface area contributed by atoms with Gasteiger partial charge in [0.05, 0.1) is 6.10 Å². The highest BCUT2D eigenvalue weighted by molar-refractivity contribution is 5.91. The molecule has 3 rings (SSSR count). The van der Waals surface area contributed by atoms with Gasteiger partial charge in [-0.15, -0.1) is 6.58 Å². The molecule has 34 heavy (non-hydrogen) atoms. The molecule has 8 heteroatoms. The average Bonchev–Trinajstić information content (AvgIpc) is 3.15. The van der Waals surface area contributed by atoms with Crippen LogP contribution >= 0.6 is 0 Å². The third-order valence-corrected chi connectivity index (χ3v) is 9.27. The Kier molecular flexibility index (Phi) is 7.14. The van der Waals surface area contributed by atoms with Crippen LogP contribution in [0.15, 0.2) is 24.8 Å². The lowest BCUT2D eigenvalue weighted by molar-refractivity contribution is -0.208. The fraction of sp³-hybridized carbons (Fsp3) is 0.692. The van der Waals surface area contributed by atoms with Crippen molar-refractivity contribution in [1.82, 2.24) is 0 Å². The number of carbonyl (C=O) groups excluding carboxylic acids is 3. The molecule has 0 spiro atoms. The highest BCUT2D eigenvalue weighted by Gasteiger charge is 2.68. The van der Waals surface area contributed by atoms with Crippen molar-refractivity contribution in [2.45, 2.75) is 72.0 Å². The molecule has 3 saturated carbocycles. The van der Waals surface area contributed by atoms with Gasteiger partial charge in [-0.3, -0.25) is 4.79 Å². The molecule has 0 heterocycles. The quantitative estimate of drug-likeness (QED) is 0.340. The maximum absolute atomic E-state index is 13.3. The number of ether oxygens (including phenoxy) is 2. The van der Waals surface area contributed by atoms with E-state index in [1.54, 1.807) is 6.08 Å². The van der Waals surface area contributed by atoms with Gasteiger partial charge in [-0.2, -0.15) is 0 Å². The number of aliphatic carboxylic acids is 1. The predicted molar refractivity (Wildman–Crippen MR) is 122 cm³/mol. The largest absolute Gasteiger partial charge is 0.478 e. The molecule has 0 amide bonds. The molecule has 0 unspecified atom stereocenters. The summed E-state index contributed by atoms with van der Waals surface area (Å²) >= 11 is 0. The summed E-state index contributed by atoms with van der Waals surface area (Å²) < 4.78 is 10.8. The zero-order valence-electron chi connectivity index (χ0n) is 20.4. The summed E-state index contributed by atoms with van der Waals surface area (Å²) in [5.41, 5.74) is -1.79.